The molecule has 0 saturated carbocycles. The number of halogens is 3. The van der Waals surface area contributed by atoms with Crippen LogP contribution in [0.1, 0.15) is 0 Å². The molecule has 0 amide bonds. The van der Waals surface area contributed by atoms with Crippen molar-refractivity contribution in [2.75, 3.05) is 6.61 Å². The molecule has 0 aliphatic carbocycles. The summed E-state index contributed by atoms with van der Waals surface area (Å²) in [4.78, 5) is 0. The summed E-state index contributed by atoms with van der Waals surface area (Å²) in [5.74, 6) is 0.0247. The second-order valence-electron chi connectivity index (χ2n) is 2.85. The molecule has 0 spiro atoms. The first kappa shape index (κ1) is 11.9. The summed E-state index contributed by atoms with van der Waals surface area (Å²) in [7, 11) is -1.64. The lowest BCUT2D eigenvalue weighted by molar-refractivity contribution is -0.153. The maximum atomic E-state index is 11.7. The molecule has 7 heteroatoms. The molecule has 3 nitrogen and oxygen atoms in total. The summed E-state index contributed by atoms with van der Waals surface area (Å²) >= 11 is 0. The summed E-state index contributed by atoms with van der Waals surface area (Å²) in [6.07, 6.45) is -4.38. The minimum Gasteiger partial charge on any atom is -0.484 e. The monoisotopic (exact) mass is 220 g/mol. The molecule has 0 heterocycles. The van der Waals surface area contributed by atoms with Crippen LogP contribution in [0.4, 0.5) is 13.2 Å². The zero-order valence-corrected chi connectivity index (χ0v) is 7.53. The van der Waals surface area contributed by atoms with Gasteiger partial charge in [0, 0.05) is 0 Å². The Labute approximate surface area is 84.3 Å². The Morgan fingerprint density at radius 1 is 1.13 bits per heavy atom. The molecule has 0 bridgehead atoms. The van der Waals surface area contributed by atoms with E-state index in [0.29, 0.717) is 0 Å². The van der Waals surface area contributed by atoms with Gasteiger partial charge in [-0.3, -0.25) is 0 Å². The molecular formula is C8H8BF3O3. The van der Waals surface area contributed by atoms with Crippen molar-refractivity contribution in [3.05, 3.63) is 24.3 Å². The first-order chi connectivity index (χ1) is 6.88. The predicted octanol–water partition coefficient (Wildman–Crippen LogP) is 0.307. The average molecular weight is 220 g/mol. The third kappa shape index (κ3) is 4.22. The fourth-order valence-corrected chi connectivity index (χ4v) is 0.901. The number of rotatable bonds is 3. The highest BCUT2D eigenvalue weighted by Crippen LogP contribution is 2.17. The van der Waals surface area contributed by atoms with Crippen molar-refractivity contribution in [3.8, 4) is 5.75 Å². The summed E-state index contributed by atoms with van der Waals surface area (Å²) in [5.41, 5.74) is 0.189. The molecule has 2 N–H and O–H groups in total. The zero-order valence-electron chi connectivity index (χ0n) is 7.53. The van der Waals surface area contributed by atoms with Gasteiger partial charge in [0.25, 0.3) is 0 Å². The van der Waals surface area contributed by atoms with Crippen LogP contribution in [-0.2, 0) is 0 Å². The minimum absolute atomic E-state index is 0.0247. The van der Waals surface area contributed by atoms with Crippen LogP contribution >= 0.6 is 0 Å². The number of alkyl halides is 3. The standard InChI is InChI=1S/C8H8BF3O3/c10-8(11,12)5-15-7-3-1-6(2-4-7)9(13)14/h1-4,13-14H,5H2. The van der Waals surface area contributed by atoms with E-state index in [9.17, 15) is 13.2 Å². The first-order valence-corrected chi connectivity index (χ1v) is 4.04. The number of benzene rings is 1. The smallest absolute Gasteiger partial charge is 0.484 e. The van der Waals surface area contributed by atoms with Crippen molar-refractivity contribution in [2.45, 2.75) is 6.18 Å². The van der Waals surface area contributed by atoms with E-state index in [1.807, 2.05) is 0 Å². The van der Waals surface area contributed by atoms with Gasteiger partial charge >= 0.3 is 13.3 Å². The van der Waals surface area contributed by atoms with Crippen molar-refractivity contribution >= 4 is 12.6 Å². The van der Waals surface area contributed by atoms with Gasteiger partial charge in [-0.1, -0.05) is 12.1 Å². The molecule has 0 aromatic heterocycles. The van der Waals surface area contributed by atoms with Gasteiger partial charge in [0.1, 0.15) is 5.75 Å². The maximum Gasteiger partial charge on any atom is 0.488 e. The van der Waals surface area contributed by atoms with Crippen molar-refractivity contribution in [1.29, 1.82) is 0 Å². The van der Waals surface area contributed by atoms with Crippen LogP contribution < -0.4 is 10.2 Å². The van der Waals surface area contributed by atoms with Gasteiger partial charge in [-0.2, -0.15) is 13.2 Å². The second kappa shape index (κ2) is 4.54. The Kier molecular flexibility index (Phi) is 3.59. The Balaban J connectivity index is 2.57. The lowest BCUT2D eigenvalue weighted by atomic mass is 9.80. The molecule has 1 rings (SSSR count). The Morgan fingerprint density at radius 2 is 1.67 bits per heavy atom. The van der Waals surface area contributed by atoms with Gasteiger partial charge in [-0.25, -0.2) is 0 Å². The molecule has 0 radical (unpaired) electrons. The first-order valence-electron chi connectivity index (χ1n) is 4.04. The van der Waals surface area contributed by atoms with Crippen LogP contribution in [0, 0.1) is 0 Å². The van der Waals surface area contributed by atoms with E-state index >= 15 is 0 Å². The molecule has 0 atom stereocenters. The fourth-order valence-electron chi connectivity index (χ4n) is 0.901. The number of hydrogen-bond acceptors (Lipinski definition) is 3. The predicted molar refractivity (Wildman–Crippen MR) is 47.8 cm³/mol. The largest absolute Gasteiger partial charge is 0.488 e. The van der Waals surface area contributed by atoms with Gasteiger partial charge in [0.05, 0.1) is 0 Å². The topological polar surface area (TPSA) is 49.7 Å². The summed E-state index contributed by atoms with van der Waals surface area (Å²) in [5, 5.41) is 17.4. The van der Waals surface area contributed by atoms with Crippen molar-refractivity contribution in [3.63, 3.8) is 0 Å². The van der Waals surface area contributed by atoms with E-state index in [2.05, 4.69) is 4.74 Å². The molecular weight excluding hydrogens is 212 g/mol. The highest BCUT2D eigenvalue weighted by Gasteiger charge is 2.28. The molecule has 0 unspecified atom stereocenters. The van der Waals surface area contributed by atoms with Crippen molar-refractivity contribution in [1.82, 2.24) is 0 Å². The van der Waals surface area contributed by atoms with Gasteiger partial charge in [-0.15, -0.1) is 0 Å². The van der Waals surface area contributed by atoms with Crippen LogP contribution in [0.15, 0.2) is 24.3 Å². The summed E-state index contributed by atoms with van der Waals surface area (Å²) in [6, 6.07) is 5.02. The Hall–Kier alpha value is -1.21. The van der Waals surface area contributed by atoms with E-state index in [-0.39, 0.29) is 11.2 Å². The molecule has 0 saturated heterocycles. The van der Waals surface area contributed by atoms with Crippen molar-refractivity contribution < 1.29 is 28.0 Å². The molecule has 82 valence electrons. The number of hydrogen-bond donors (Lipinski definition) is 2. The molecule has 0 aliphatic heterocycles. The van der Waals surface area contributed by atoms with Crippen LogP contribution in [-0.4, -0.2) is 29.9 Å². The molecule has 0 fully saturated rings. The van der Waals surface area contributed by atoms with E-state index in [4.69, 9.17) is 10.0 Å². The molecule has 1 aromatic rings. The van der Waals surface area contributed by atoms with Gasteiger partial charge in [0.2, 0.25) is 0 Å². The molecule has 1 aromatic carbocycles. The van der Waals surface area contributed by atoms with E-state index < -0.39 is 19.9 Å². The lowest BCUT2D eigenvalue weighted by Crippen LogP contribution is -2.29. The third-order valence-corrected chi connectivity index (χ3v) is 1.58. The van der Waals surface area contributed by atoms with Crippen LogP contribution in [0.2, 0.25) is 0 Å². The van der Waals surface area contributed by atoms with E-state index in [0.717, 1.165) is 0 Å². The van der Waals surface area contributed by atoms with Gasteiger partial charge in [-0.05, 0) is 17.6 Å². The highest BCUT2D eigenvalue weighted by molar-refractivity contribution is 6.58. The van der Waals surface area contributed by atoms with Crippen LogP contribution in [0.3, 0.4) is 0 Å². The Morgan fingerprint density at radius 3 is 2.07 bits per heavy atom. The van der Waals surface area contributed by atoms with Gasteiger partial charge < -0.3 is 14.8 Å². The summed E-state index contributed by atoms with van der Waals surface area (Å²) in [6.45, 7) is -1.37. The zero-order chi connectivity index (χ0) is 11.5. The third-order valence-electron chi connectivity index (χ3n) is 1.58. The molecule has 15 heavy (non-hydrogen) atoms. The van der Waals surface area contributed by atoms with Crippen molar-refractivity contribution in [2.24, 2.45) is 0 Å². The lowest BCUT2D eigenvalue weighted by Gasteiger charge is -2.09. The SMILES string of the molecule is OB(O)c1ccc(OCC(F)(F)F)cc1. The fraction of sp³-hybridized carbons (Fsp3) is 0.250. The minimum atomic E-state index is -4.38. The van der Waals surface area contributed by atoms with Gasteiger partial charge in [0.15, 0.2) is 6.61 Å². The maximum absolute atomic E-state index is 11.7. The highest BCUT2D eigenvalue weighted by atomic mass is 19.4. The quantitative estimate of drug-likeness (QED) is 0.720. The molecule has 0 aliphatic rings. The van der Waals surface area contributed by atoms with E-state index in [1.54, 1.807) is 0 Å². The Bertz CT molecular complexity index is 310. The van der Waals surface area contributed by atoms with Crippen LogP contribution in [0.5, 0.6) is 5.75 Å². The number of ether oxygens (including phenoxy) is 1. The summed E-state index contributed by atoms with van der Waals surface area (Å²) < 4.78 is 39.6. The van der Waals surface area contributed by atoms with E-state index in [1.165, 1.54) is 24.3 Å². The van der Waals surface area contributed by atoms with Crippen LogP contribution in [0.25, 0.3) is 0 Å². The average Bonchev–Trinajstić information content (AvgIpc) is 2.14. The second-order valence-corrected chi connectivity index (χ2v) is 2.85. The normalized spacial score (nSPS) is 11.3.